The van der Waals surface area contributed by atoms with Crippen LogP contribution in [-0.2, 0) is 0 Å². The molecule has 0 aromatic heterocycles. The van der Waals surface area contributed by atoms with Gasteiger partial charge in [-0.15, -0.1) is 0 Å². The first-order valence-corrected chi connectivity index (χ1v) is 3.83. The van der Waals surface area contributed by atoms with Gasteiger partial charge in [0, 0.05) is 6.54 Å². The monoisotopic (exact) mass is 159 g/mol. The van der Waals surface area contributed by atoms with Gasteiger partial charge in [-0.1, -0.05) is 0 Å². The molecule has 2 atom stereocenters. The van der Waals surface area contributed by atoms with Gasteiger partial charge in [0.2, 0.25) is 0 Å². The number of hydrogen-bond donors (Lipinski definition) is 3. The van der Waals surface area contributed by atoms with E-state index < -0.39 is 6.09 Å². The largest absolute Gasteiger partial charge is 0.465 e. The molecule has 0 aromatic carbocycles. The minimum Gasteiger partial charge on any atom is -0.465 e. The van der Waals surface area contributed by atoms with E-state index in [2.05, 4.69) is 5.32 Å². The summed E-state index contributed by atoms with van der Waals surface area (Å²) in [5.74, 6) is 0.334. The fourth-order valence-corrected chi connectivity index (χ4v) is 1.47. The molecule has 0 aromatic rings. The van der Waals surface area contributed by atoms with Crippen LogP contribution in [0.25, 0.3) is 0 Å². The Kier molecular flexibility index (Phi) is 2.70. The molecule has 1 aliphatic rings. The second-order valence-electron chi connectivity index (χ2n) is 3.02. The lowest BCUT2D eigenvalue weighted by Crippen LogP contribution is -2.26. The standard InChI is InChI=1S/C7H13NO3/c9-6-2-1-5(3-6)4-8-7(10)11/h5-6,8-9H,1-4H2,(H,10,11). The van der Waals surface area contributed by atoms with Crippen molar-refractivity contribution < 1.29 is 15.0 Å². The molecule has 0 spiro atoms. The van der Waals surface area contributed by atoms with Crippen molar-refractivity contribution in [3.63, 3.8) is 0 Å². The first kappa shape index (κ1) is 8.33. The number of amides is 1. The number of hydrogen-bond acceptors (Lipinski definition) is 2. The van der Waals surface area contributed by atoms with Crippen LogP contribution in [0.1, 0.15) is 19.3 Å². The second-order valence-corrected chi connectivity index (χ2v) is 3.02. The molecule has 1 fully saturated rings. The van der Waals surface area contributed by atoms with Crippen LogP contribution in [0.2, 0.25) is 0 Å². The van der Waals surface area contributed by atoms with Crippen molar-refractivity contribution in [3.05, 3.63) is 0 Å². The fourth-order valence-electron chi connectivity index (χ4n) is 1.47. The molecule has 0 bridgehead atoms. The number of carbonyl (C=O) groups is 1. The summed E-state index contributed by atoms with van der Waals surface area (Å²) in [6, 6.07) is 0. The normalized spacial score (nSPS) is 30.3. The summed E-state index contributed by atoms with van der Waals surface area (Å²) >= 11 is 0. The van der Waals surface area contributed by atoms with Crippen molar-refractivity contribution in [1.29, 1.82) is 0 Å². The van der Waals surface area contributed by atoms with E-state index >= 15 is 0 Å². The molecule has 64 valence electrons. The molecule has 1 aliphatic carbocycles. The van der Waals surface area contributed by atoms with Gasteiger partial charge in [0.15, 0.2) is 0 Å². The molecule has 11 heavy (non-hydrogen) atoms. The van der Waals surface area contributed by atoms with Crippen LogP contribution in [0.5, 0.6) is 0 Å². The lowest BCUT2D eigenvalue weighted by atomic mass is 10.1. The molecule has 3 N–H and O–H groups in total. The number of aliphatic hydroxyl groups excluding tert-OH is 1. The summed E-state index contributed by atoms with van der Waals surface area (Å²) in [5, 5.41) is 19.7. The summed E-state index contributed by atoms with van der Waals surface area (Å²) in [7, 11) is 0. The van der Waals surface area contributed by atoms with Crippen LogP contribution in [-0.4, -0.2) is 29.0 Å². The summed E-state index contributed by atoms with van der Waals surface area (Å²) in [4.78, 5) is 10.1. The first-order valence-electron chi connectivity index (χ1n) is 3.83. The average Bonchev–Trinajstić information content (AvgIpc) is 2.31. The SMILES string of the molecule is O=C(O)NCC1CCC(O)C1. The lowest BCUT2D eigenvalue weighted by molar-refractivity contribution is 0.174. The van der Waals surface area contributed by atoms with Crippen LogP contribution in [0.15, 0.2) is 0 Å². The Morgan fingerprint density at radius 3 is 2.73 bits per heavy atom. The Bertz CT molecular complexity index is 149. The zero-order valence-corrected chi connectivity index (χ0v) is 6.29. The van der Waals surface area contributed by atoms with Gasteiger partial charge < -0.3 is 15.5 Å². The maximum absolute atomic E-state index is 10.1. The molecule has 2 unspecified atom stereocenters. The van der Waals surface area contributed by atoms with Gasteiger partial charge >= 0.3 is 6.09 Å². The van der Waals surface area contributed by atoms with E-state index in [1.807, 2.05) is 0 Å². The van der Waals surface area contributed by atoms with E-state index in [0.29, 0.717) is 12.5 Å². The van der Waals surface area contributed by atoms with Gasteiger partial charge in [0.25, 0.3) is 0 Å². The molecule has 1 saturated carbocycles. The van der Waals surface area contributed by atoms with Crippen molar-refractivity contribution >= 4 is 6.09 Å². The third kappa shape index (κ3) is 2.76. The summed E-state index contributed by atoms with van der Waals surface area (Å²) in [5.41, 5.74) is 0. The van der Waals surface area contributed by atoms with E-state index in [-0.39, 0.29) is 6.10 Å². The van der Waals surface area contributed by atoms with E-state index in [4.69, 9.17) is 10.2 Å². The van der Waals surface area contributed by atoms with E-state index in [1.54, 1.807) is 0 Å². The Morgan fingerprint density at radius 2 is 2.27 bits per heavy atom. The number of aliphatic hydroxyl groups is 1. The van der Waals surface area contributed by atoms with Crippen molar-refractivity contribution in [2.45, 2.75) is 25.4 Å². The Labute approximate surface area is 65.2 Å². The second kappa shape index (κ2) is 3.57. The zero-order valence-electron chi connectivity index (χ0n) is 6.29. The highest BCUT2D eigenvalue weighted by atomic mass is 16.4. The van der Waals surface area contributed by atoms with Crippen LogP contribution in [0.3, 0.4) is 0 Å². The highest BCUT2D eigenvalue weighted by Gasteiger charge is 2.22. The topological polar surface area (TPSA) is 69.6 Å². The molecule has 1 rings (SSSR count). The molecule has 4 nitrogen and oxygen atoms in total. The van der Waals surface area contributed by atoms with Crippen LogP contribution >= 0.6 is 0 Å². The number of carboxylic acid groups (broad SMARTS) is 1. The molecular weight excluding hydrogens is 146 g/mol. The van der Waals surface area contributed by atoms with Crippen molar-refractivity contribution in [1.82, 2.24) is 5.32 Å². The highest BCUT2D eigenvalue weighted by molar-refractivity contribution is 5.64. The van der Waals surface area contributed by atoms with E-state index in [1.165, 1.54) is 0 Å². The van der Waals surface area contributed by atoms with Crippen LogP contribution in [0, 0.1) is 5.92 Å². The first-order chi connectivity index (χ1) is 5.18. The summed E-state index contributed by atoms with van der Waals surface area (Å²) in [6.45, 7) is 0.479. The van der Waals surface area contributed by atoms with Gasteiger partial charge in [-0.05, 0) is 25.2 Å². The highest BCUT2D eigenvalue weighted by Crippen LogP contribution is 2.24. The van der Waals surface area contributed by atoms with Crippen LogP contribution in [0.4, 0.5) is 4.79 Å². The maximum Gasteiger partial charge on any atom is 0.404 e. The number of nitrogens with one attached hydrogen (secondary N) is 1. The van der Waals surface area contributed by atoms with Crippen molar-refractivity contribution in [3.8, 4) is 0 Å². The molecule has 0 saturated heterocycles. The lowest BCUT2D eigenvalue weighted by Gasteiger charge is -2.07. The quantitative estimate of drug-likeness (QED) is 0.546. The van der Waals surface area contributed by atoms with E-state index in [9.17, 15) is 4.79 Å². The minimum absolute atomic E-state index is 0.212. The van der Waals surface area contributed by atoms with Gasteiger partial charge in [-0.25, -0.2) is 4.79 Å². The maximum atomic E-state index is 10.1. The van der Waals surface area contributed by atoms with Gasteiger partial charge in [-0.3, -0.25) is 0 Å². The molecular formula is C7H13NO3. The molecule has 4 heteroatoms. The number of rotatable bonds is 2. The molecule has 0 aliphatic heterocycles. The van der Waals surface area contributed by atoms with E-state index in [0.717, 1.165) is 19.3 Å². The predicted octanol–water partition coefficient (Wildman–Crippen LogP) is 0.415. The Balaban J connectivity index is 2.13. The van der Waals surface area contributed by atoms with Crippen molar-refractivity contribution in [2.75, 3.05) is 6.54 Å². The molecule has 0 radical (unpaired) electrons. The third-order valence-electron chi connectivity index (χ3n) is 2.06. The average molecular weight is 159 g/mol. The molecule has 0 heterocycles. The third-order valence-corrected chi connectivity index (χ3v) is 2.06. The molecule has 1 amide bonds. The predicted molar refractivity (Wildman–Crippen MR) is 39.4 cm³/mol. The van der Waals surface area contributed by atoms with Gasteiger partial charge in [0.05, 0.1) is 6.10 Å². The zero-order chi connectivity index (χ0) is 8.27. The van der Waals surface area contributed by atoms with Crippen LogP contribution < -0.4 is 5.32 Å². The van der Waals surface area contributed by atoms with Gasteiger partial charge in [-0.2, -0.15) is 0 Å². The smallest absolute Gasteiger partial charge is 0.404 e. The van der Waals surface area contributed by atoms with Crippen molar-refractivity contribution in [2.24, 2.45) is 5.92 Å². The minimum atomic E-state index is -0.980. The Morgan fingerprint density at radius 1 is 1.55 bits per heavy atom. The summed E-state index contributed by atoms with van der Waals surface area (Å²) < 4.78 is 0. The Hall–Kier alpha value is -0.770. The fraction of sp³-hybridized carbons (Fsp3) is 0.857. The van der Waals surface area contributed by atoms with Gasteiger partial charge in [0.1, 0.15) is 0 Å². The summed E-state index contributed by atoms with van der Waals surface area (Å²) in [6.07, 6.45) is 1.29.